The van der Waals surface area contributed by atoms with Crippen LogP contribution in [0.4, 0.5) is 0 Å². The van der Waals surface area contributed by atoms with E-state index in [0.717, 1.165) is 12.8 Å². The lowest BCUT2D eigenvalue weighted by molar-refractivity contribution is -0.0927. The Morgan fingerprint density at radius 1 is 1.00 bits per heavy atom. The monoisotopic (exact) mass is 361 g/mol. The summed E-state index contributed by atoms with van der Waals surface area (Å²) in [5.41, 5.74) is 0.918. The van der Waals surface area contributed by atoms with Crippen LogP contribution in [0.3, 0.4) is 0 Å². The number of amides is 2. The van der Waals surface area contributed by atoms with Crippen LogP contribution in [-0.2, 0) is 4.74 Å². The van der Waals surface area contributed by atoms with Crippen molar-refractivity contribution in [3.63, 3.8) is 0 Å². The standard InChI is InChI=1S/C19H23NO6/c21-11-16-17(23)15(22)10-12(26-16)6-2-1-5-9-20-18(24)13-7-3-4-8-14(13)19(20)25/h3-4,7-8,10,15-17,21-23H,1-2,5-6,9,11H2/t15-,16-,17+/m1/s1. The number of aliphatic hydroxyl groups is 3. The minimum atomic E-state index is -1.13. The highest BCUT2D eigenvalue weighted by atomic mass is 16.5. The number of nitrogens with zero attached hydrogens (tertiary/aromatic N) is 1. The molecule has 0 aliphatic carbocycles. The average Bonchev–Trinajstić information content (AvgIpc) is 2.89. The van der Waals surface area contributed by atoms with Crippen molar-refractivity contribution < 1.29 is 29.6 Å². The predicted molar refractivity (Wildman–Crippen MR) is 92.3 cm³/mol. The number of carbonyl (C=O) groups is 2. The highest BCUT2D eigenvalue weighted by Gasteiger charge is 2.34. The molecule has 0 spiro atoms. The van der Waals surface area contributed by atoms with Gasteiger partial charge in [0.15, 0.2) is 0 Å². The van der Waals surface area contributed by atoms with Gasteiger partial charge in [0.1, 0.15) is 18.3 Å². The lowest BCUT2D eigenvalue weighted by Gasteiger charge is -2.31. The van der Waals surface area contributed by atoms with Gasteiger partial charge >= 0.3 is 0 Å². The van der Waals surface area contributed by atoms with Crippen LogP contribution in [0.1, 0.15) is 46.4 Å². The number of ether oxygens (including phenoxy) is 1. The number of hydrogen-bond donors (Lipinski definition) is 3. The molecule has 140 valence electrons. The molecule has 7 heteroatoms. The highest BCUT2D eigenvalue weighted by molar-refractivity contribution is 6.21. The number of unbranched alkanes of at least 4 members (excludes halogenated alkanes) is 2. The quantitative estimate of drug-likeness (QED) is 0.491. The van der Waals surface area contributed by atoms with Crippen LogP contribution in [-0.4, -0.2) is 63.5 Å². The summed E-state index contributed by atoms with van der Waals surface area (Å²) in [6.45, 7) is 0.00215. The molecule has 7 nitrogen and oxygen atoms in total. The molecule has 0 unspecified atom stereocenters. The Bertz CT molecular complexity index is 681. The van der Waals surface area contributed by atoms with Gasteiger partial charge in [-0.3, -0.25) is 14.5 Å². The maximum Gasteiger partial charge on any atom is 0.261 e. The van der Waals surface area contributed by atoms with Gasteiger partial charge in [0, 0.05) is 13.0 Å². The van der Waals surface area contributed by atoms with Gasteiger partial charge in [0.25, 0.3) is 11.8 Å². The lowest BCUT2D eigenvalue weighted by atomic mass is 10.0. The molecular formula is C19H23NO6. The van der Waals surface area contributed by atoms with Gasteiger partial charge in [0.2, 0.25) is 0 Å². The fourth-order valence-corrected chi connectivity index (χ4v) is 3.29. The average molecular weight is 361 g/mol. The van der Waals surface area contributed by atoms with Crippen molar-refractivity contribution in [1.29, 1.82) is 0 Å². The Labute approximate surface area is 151 Å². The Morgan fingerprint density at radius 2 is 1.65 bits per heavy atom. The number of aliphatic hydroxyl groups excluding tert-OH is 3. The summed E-state index contributed by atoms with van der Waals surface area (Å²) in [5.74, 6) is 0.0567. The lowest BCUT2D eigenvalue weighted by Crippen LogP contribution is -2.43. The number of carbonyl (C=O) groups excluding carboxylic acids is 2. The van der Waals surface area contributed by atoms with E-state index in [9.17, 15) is 19.8 Å². The van der Waals surface area contributed by atoms with Gasteiger partial charge in [-0.25, -0.2) is 0 Å². The molecule has 1 aromatic rings. The molecule has 0 bridgehead atoms. The number of allylic oxidation sites excluding steroid dienone is 1. The second-order valence-electron chi connectivity index (χ2n) is 6.57. The molecule has 0 fully saturated rings. The van der Waals surface area contributed by atoms with Crippen LogP contribution < -0.4 is 0 Å². The molecule has 26 heavy (non-hydrogen) atoms. The van der Waals surface area contributed by atoms with E-state index >= 15 is 0 Å². The molecule has 0 aromatic heterocycles. The summed E-state index contributed by atoms with van der Waals surface area (Å²) in [6.07, 6.45) is 1.22. The van der Waals surface area contributed by atoms with Crippen LogP contribution in [0.5, 0.6) is 0 Å². The summed E-state index contributed by atoms with van der Waals surface area (Å²) in [6, 6.07) is 6.83. The number of hydrogen-bond acceptors (Lipinski definition) is 6. The van der Waals surface area contributed by atoms with E-state index in [-0.39, 0.29) is 18.4 Å². The normalized spacial score (nSPS) is 25.1. The van der Waals surface area contributed by atoms with Gasteiger partial charge in [-0.15, -0.1) is 0 Å². The van der Waals surface area contributed by atoms with Crippen molar-refractivity contribution in [3.05, 3.63) is 47.2 Å². The van der Waals surface area contributed by atoms with E-state index in [1.807, 2.05) is 0 Å². The molecule has 3 rings (SSSR count). The topological polar surface area (TPSA) is 107 Å². The van der Waals surface area contributed by atoms with Gasteiger partial charge in [-0.1, -0.05) is 18.6 Å². The Morgan fingerprint density at radius 3 is 2.27 bits per heavy atom. The van der Waals surface area contributed by atoms with Gasteiger partial charge in [-0.05, 0) is 31.1 Å². The van der Waals surface area contributed by atoms with E-state index in [2.05, 4.69) is 0 Å². The molecule has 0 saturated carbocycles. The molecule has 1 aromatic carbocycles. The summed E-state index contributed by atoms with van der Waals surface area (Å²) in [7, 11) is 0. The highest BCUT2D eigenvalue weighted by Crippen LogP contribution is 2.24. The molecule has 3 N–H and O–H groups in total. The molecule has 2 heterocycles. The third-order valence-electron chi connectivity index (χ3n) is 4.75. The van der Waals surface area contributed by atoms with Crippen LogP contribution in [0.25, 0.3) is 0 Å². The third kappa shape index (κ3) is 3.65. The van der Waals surface area contributed by atoms with Crippen LogP contribution in [0, 0.1) is 0 Å². The van der Waals surface area contributed by atoms with Crippen molar-refractivity contribution in [2.24, 2.45) is 0 Å². The third-order valence-corrected chi connectivity index (χ3v) is 4.75. The first-order valence-electron chi connectivity index (χ1n) is 8.82. The molecular weight excluding hydrogens is 338 g/mol. The minimum absolute atomic E-state index is 0.244. The van der Waals surface area contributed by atoms with Crippen LogP contribution in [0.15, 0.2) is 36.1 Å². The van der Waals surface area contributed by atoms with Gasteiger partial charge in [-0.2, -0.15) is 0 Å². The molecule has 2 amide bonds. The molecule has 2 aliphatic rings. The van der Waals surface area contributed by atoms with Crippen LogP contribution in [0.2, 0.25) is 0 Å². The largest absolute Gasteiger partial charge is 0.490 e. The zero-order valence-electron chi connectivity index (χ0n) is 14.4. The first kappa shape index (κ1) is 18.6. The maximum atomic E-state index is 12.3. The summed E-state index contributed by atoms with van der Waals surface area (Å²) in [4.78, 5) is 25.8. The summed E-state index contributed by atoms with van der Waals surface area (Å²) in [5, 5.41) is 28.6. The fraction of sp³-hybridized carbons (Fsp3) is 0.474. The minimum Gasteiger partial charge on any atom is -0.490 e. The van der Waals surface area contributed by atoms with E-state index < -0.39 is 18.3 Å². The van der Waals surface area contributed by atoms with Crippen molar-refractivity contribution >= 4 is 11.8 Å². The number of fused-ring (bicyclic) bond motifs is 1. The summed E-state index contributed by atoms with van der Waals surface area (Å²) < 4.78 is 5.46. The number of benzene rings is 1. The zero-order valence-corrected chi connectivity index (χ0v) is 14.4. The molecule has 0 saturated heterocycles. The SMILES string of the molecule is O=C1c2ccccc2C(=O)N1CCCCCC1=C[C@@H](O)[C@H](O)[C@@H](CO)O1. The van der Waals surface area contributed by atoms with E-state index in [4.69, 9.17) is 9.84 Å². The maximum absolute atomic E-state index is 12.3. The second-order valence-corrected chi connectivity index (χ2v) is 6.57. The van der Waals surface area contributed by atoms with Crippen molar-refractivity contribution in [2.75, 3.05) is 13.2 Å². The second kappa shape index (κ2) is 7.99. The molecule has 0 radical (unpaired) electrons. The Balaban J connectivity index is 1.44. The predicted octanol–water partition coefficient (Wildman–Crippen LogP) is 0.840. The first-order valence-corrected chi connectivity index (χ1v) is 8.82. The zero-order chi connectivity index (χ0) is 18.7. The van der Waals surface area contributed by atoms with Crippen molar-refractivity contribution in [3.8, 4) is 0 Å². The number of imide groups is 1. The summed E-state index contributed by atoms with van der Waals surface area (Å²) >= 11 is 0. The van der Waals surface area contributed by atoms with E-state index in [1.165, 1.54) is 11.0 Å². The molecule has 2 aliphatic heterocycles. The molecule has 3 atom stereocenters. The smallest absolute Gasteiger partial charge is 0.261 e. The van der Waals surface area contributed by atoms with Gasteiger partial charge in [0.05, 0.1) is 23.5 Å². The Kier molecular flexibility index (Phi) is 5.70. The van der Waals surface area contributed by atoms with Crippen LogP contribution >= 0.6 is 0 Å². The van der Waals surface area contributed by atoms with E-state index in [0.29, 0.717) is 36.3 Å². The fourth-order valence-electron chi connectivity index (χ4n) is 3.29. The van der Waals surface area contributed by atoms with Gasteiger partial charge < -0.3 is 20.1 Å². The van der Waals surface area contributed by atoms with E-state index in [1.54, 1.807) is 24.3 Å². The number of rotatable bonds is 7. The van der Waals surface area contributed by atoms with Crippen molar-refractivity contribution in [2.45, 2.75) is 44.0 Å². The van der Waals surface area contributed by atoms with Crippen molar-refractivity contribution in [1.82, 2.24) is 4.90 Å². The Hall–Kier alpha value is -2.22. The first-order chi connectivity index (χ1) is 12.5.